The van der Waals surface area contributed by atoms with Crippen molar-refractivity contribution in [3.05, 3.63) is 123 Å². The van der Waals surface area contributed by atoms with Gasteiger partial charge in [-0.25, -0.2) is 4.79 Å². The number of carbonyl (C=O) groups is 2. The molecule has 5 nitrogen and oxygen atoms in total. The zero-order valence-electron chi connectivity index (χ0n) is 21.5. The molecule has 0 bridgehead atoms. The third-order valence-corrected chi connectivity index (χ3v) is 7.66. The average molecular weight is 528 g/mol. The maximum Gasteiger partial charge on any atom is 0.336 e. The monoisotopic (exact) mass is 527 g/mol. The number of halogens is 1. The van der Waals surface area contributed by atoms with E-state index in [9.17, 15) is 9.59 Å². The fraction of sp³-hybridized carbons (Fsp3) is 0.250. The van der Waals surface area contributed by atoms with Gasteiger partial charge in [-0.3, -0.25) is 4.79 Å². The molecular formula is C32H30ClNO4. The van der Waals surface area contributed by atoms with Crippen molar-refractivity contribution in [1.82, 2.24) is 5.32 Å². The van der Waals surface area contributed by atoms with E-state index in [-0.39, 0.29) is 18.3 Å². The first-order chi connectivity index (χ1) is 18.5. The molecule has 6 heteroatoms. The van der Waals surface area contributed by atoms with Gasteiger partial charge in [-0.1, -0.05) is 72.3 Å². The van der Waals surface area contributed by atoms with Crippen molar-refractivity contribution in [2.75, 3.05) is 13.7 Å². The molecule has 1 aliphatic heterocycles. The van der Waals surface area contributed by atoms with Gasteiger partial charge in [0.1, 0.15) is 5.75 Å². The molecule has 5 rings (SSSR count). The SMILES string of the molecule is COc1ccc([C@H]2CC(=O)C3=C(C2)NC(C)=C(C(=O)OCCc2ccccc2)[C@@H]3c2ccccc2Cl)cc1. The minimum absolute atomic E-state index is 0.00609. The smallest absolute Gasteiger partial charge is 0.336 e. The lowest BCUT2D eigenvalue weighted by Gasteiger charge is -2.37. The summed E-state index contributed by atoms with van der Waals surface area (Å²) in [5, 5.41) is 3.91. The average Bonchev–Trinajstić information content (AvgIpc) is 2.93. The van der Waals surface area contributed by atoms with Gasteiger partial charge in [-0.2, -0.15) is 0 Å². The number of esters is 1. The van der Waals surface area contributed by atoms with E-state index < -0.39 is 11.9 Å². The number of ether oxygens (including phenoxy) is 2. The summed E-state index contributed by atoms with van der Waals surface area (Å²) >= 11 is 6.65. The minimum Gasteiger partial charge on any atom is -0.497 e. The van der Waals surface area contributed by atoms with Crippen molar-refractivity contribution in [2.24, 2.45) is 0 Å². The molecule has 0 unspecified atom stereocenters. The largest absolute Gasteiger partial charge is 0.497 e. The van der Waals surface area contributed by atoms with Crippen molar-refractivity contribution < 1.29 is 19.1 Å². The highest BCUT2D eigenvalue weighted by Gasteiger charge is 2.42. The second kappa shape index (κ2) is 11.3. The molecule has 0 saturated carbocycles. The number of nitrogens with one attached hydrogen (secondary N) is 1. The molecule has 1 heterocycles. The Labute approximate surface area is 228 Å². The van der Waals surface area contributed by atoms with E-state index >= 15 is 0 Å². The minimum atomic E-state index is -0.589. The van der Waals surface area contributed by atoms with Crippen LogP contribution in [0.2, 0.25) is 5.02 Å². The number of methoxy groups -OCH3 is 1. The number of Topliss-reactive ketones (excluding diaryl/α,β-unsaturated/α-hetero) is 1. The molecule has 1 aliphatic carbocycles. The molecule has 2 aliphatic rings. The van der Waals surface area contributed by atoms with Crippen LogP contribution in [-0.4, -0.2) is 25.5 Å². The van der Waals surface area contributed by atoms with Gasteiger partial charge in [0.2, 0.25) is 0 Å². The maximum atomic E-state index is 13.8. The van der Waals surface area contributed by atoms with Gasteiger partial charge in [0, 0.05) is 40.7 Å². The van der Waals surface area contributed by atoms with Crippen LogP contribution in [0.3, 0.4) is 0 Å². The predicted molar refractivity (Wildman–Crippen MR) is 148 cm³/mol. The molecule has 0 spiro atoms. The number of rotatable bonds is 7. The predicted octanol–water partition coefficient (Wildman–Crippen LogP) is 6.50. The van der Waals surface area contributed by atoms with E-state index in [0.29, 0.717) is 41.1 Å². The van der Waals surface area contributed by atoms with Gasteiger partial charge in [0.05, 0.1) is 19.3 Å². The topological polar surface area (TPSA) is 64.6 Å². The number of dihydropyridines is 1. The molecule has 2 atom stereocenters. The number of allylic oxidation sites excluding steroid dienone is 3. The Kier molecular flexibility index (Phi) is 7.66. The Morgan fingerprint density at radius 3 is 2.39 bits per heavy atom. The highest BCUT2D eigenvalue weighted by atomic mass is 35.5. The first-order valence-corrected chi connectivity index (χ1v) is 13.2. The van der Waals surface area contributed by atoms with Crippen LogP contribution in [0.4, 0.5) is 0 Å². The summed E-state index contributed by atoms with van der Waals surface area (Å²) in [5.41, 5.74) is 5.45. The quantitative estimate of drug-likeness (QED) is 0.355. The zero-order chi connectivity index (χ0) is 26.6. The summed E-state index contributed by atoms with van der Waals surface area (Å²) in [6.07, 6.45) is 1.62. The molecular weight excluding hydrogens is 498 g/mol. The second-order valence-corrected chi connectivity index (χ2v) is 10.1. The van der Waals surface area contributed by atoms with Crippen LogP contribution in [0.25, 0.3) is 0 Å². The van der Waals surface area contributed by atoms with E-state index in [4.69, 9.17) is 21.1 Å². The summed E-state index contributed by atoms with van der Waals surface area (Å²) in [6.45, 7) is 2.11. The zero-order valence-corrected chi connectivity index (χ0v) is 22.3. The van der Waals surface area contributed by atoms with Crippen molar-refractivity contribution in [1.29, 1.82) is 0 Å². The van der Waals surface area contributed by atoms with Crippen molar-refractivity contribution in [3.8, 4) is 5.75 Å². The molecule has 0 fully saturated rings. The normalized spacial score (nSPS) is 19.1. The summed E-state index contributed by atoms with van der Waals surface area (Å²) in [7, 11) is 1.64. The van der Waals surface area contributed by atoms with Crippen LogP contribution < -0.4 is 10.1 Å². The molecule has 194 valence electrons. The van der Waals surface area contributed by atoms with Crippen LogP contribution >= 0.6 is 11.6 Å². The van der Waals surface area contributed by atoms with E-state index in [1.807, 2.05) is 79.7 Å². The third kappa shape index (κ3) is 5.25. The fourth-order valence-electron chi connectivity index (χ4n) is 5.43. The molecule has 38 heavy (non-hydrogen) atoms. The van der Waals surface area contributed by atoms with E-state index in [0.717, 1.165) is 28.1 Å². The van der Waals surface area contributed by atoms with Crippen LogP contribution in [0, 0.1) is 0 Å². The van der Waals surface area contributed by atoms with Gasteiger partial charge in [0.15, 0.2) is 5.78 Å². The van der Waals surface area contributed by atoms with Crippen LogP contribution in [0.5, 0.6) is 5.75 Å². The van der Waals surface area contributed by atoms with E-state index in [2.05, 4.69) is 5.32 Å². The summed E-state index contributed by atoms with van der Waals surface area (Å²) < 4.78 is 11.0. The lowest BCUT2D eigenvalue weighted by molar-refractivity contribution is -0.139. The van der Waals surface area contributed by atoms with Gasteiger partial charge in [0.25, 0.3) is 0 Å². The first kappa shape index (κ1) is 25.8. The maximum absolute atomic E-state index is 13.8. The second-order valence-electron chi connectivity index (χ2n) is 9.68. The van der Waals surface area contributed by atoms with Crippen molar-refractivity contribution >= 4 is 23.4 Å². The number of carbonyl (C=O) groups excluding carboxylic acids is 2. The Bertz CT molecular complexity index is 1410. The van der Waals surface area contributed by atoms with Gasteiger partial charge < -0.3 is 14.8 Å². The standard InChI is InChI=1S/C32H30ClNO4/c1-20-29(32(36)38-17-16-21-8-4-3-5-9-21)30(25-10-6-7-11-26(25)33)31-27(34-20)18-23(19-28(31)35)22-12-14-24(37-2)15-13-22/h3-15,23,30,34H,16-19H2,1-2H3/t23-,30+/m1/s1. The Morgan fingerprint density at radius 1 is 0.974 bits per heavy atom. The van der Waals surface area contributed by atoms with E-state index in [1.54, 1.807) is 13.2 Å². The summed E-state index contributed by atoms with van der Waals surface area (Å²) in [4.78, 5) is 27.3. The Morgan fingerprint density at radius 2 is 1.68 bits per heavy atom. The molecule has 0 radical (unpaired) electrons. The van der Waals surface area contributed by atoms with Crippen molar-refractivity contribution in [2.45, 2.75) is 38.0 Å². The van der Waals surface area contributed by atoms with Gasteiger partial charge in [-0.15, -0.1) is 0 Å². The first-order valence-electron chi connectivity index (χ1n) is 12.8. The highest BCUT2D eigenvalue weighted by molar-refractivity contribution is 6.31. The number of benzene rings is 3. The highest BCUT2D eigenvalue weighted by Crippen LogP contribution is 2.47. The van der Waals surface area contributed by atoms with Crippen LogP contribution in [-0.2, 0) is 20.7 Å². The van der Waals surface area contributed by atoms with Crippen LogP contribution in [0.15, 0.2) is 101 Å². The Hall–Kier alpha value is -3.83. The van der Waals surface area contributed by atoms with Crippen LogP contribution in [0.1, 0.15) is 48.3 Å². The number of ketones is 1. The lowest BCUT2D eigenvalue weighted by Crippen LogP contribution is -2.36. The van der Waals surface area contributed by atoms with Gasteiger partial charge >= 0.3 is 5.97 Å². The third-order valence-electron chi connectivity index (χ3n) is 7.32. The van der Waals surface area contributed by atoms with E-state index in [1.165, 1.54) is 0 Å². The summed E-state index contributed by atoms with van der Waals surface area (Å²) in [6, 6.07) is 25.1. The Balaban J connectivity index is 1.46. The van der Waals surface area contributed by atoms with Crippen molar-refractivity contribution in [3.63, 3.8) is 0 Å². The molecule has 3 aromatic rings. The number of hydrogen-bond donors (Lipinski definition) is 1. The molecule has 0 aromatic heterocycles. The molecule has 0 saturated heterocycles. The van der Waals surface area contributed by atoms with Gasteiger partial charge in [-0.05, 0) is 54.2 Å². The number of hydrogen-bond acceptors (Lipinski definition) is 5. The molecule has 3 aromatic carbocycles. The molecule has 1 N–H and O–H groups in total. The lowest BCUT2D eigenvalue weighted by atomic mass is 9.71. The summed E-state index contributed by atoms with van der Waals surface area (Å²) in [5.74, 6) is -0.217. The molecule has 0 amide bonds. The fourth-order valence-corrected chi connectivity index (χ4v) is 5.67.